The fraction of sp³-hybridized carbons (Fsp3) is 0.286. The normalized spacial score (nSPS) is 11.9. The van der Waals surface area contributed by atoms with Gasteiger partial charge in [-0.3, -0.25) is 14.2 Å². The number of hydrogen-bond donors (Lipinski definition) is 1. The third kappa shape index (κ3) is 4.49. The lowest BCUT2D eigenvalue weighted by molar-refractivity contribution is -0.149. The molecule has 146 valence electrons. The van der Waals surface area contributed by atoms with Crippen molar-refractivity contribution in [3.8, 4) is 0 Å². The number of aromatic nitrogens is 1. The highest BCUT2D eigenvalue weighted by molar-refractivity contribution is 5.81. The molecule has 0 fully saturated rings. The number of rotatable bonds is 7. The van der Waals surface area contributed by atoms with Crippen LogP contribution in [-0.2, 0) is 20.9 Å². The maximum atomic E-state index is 12.2. The molecule has 0 unspecified atom stereocenters. The molecule has 0 bridgehead atoms. The number of hydrogen-bond acceptors (Lipinski definition) is 5. The first kappa shape index (κ1) is 19.4. The number of benzene rings is 2. The highest BCUT2D eigenvalue weighted by atomic mass is 16.5. The number of esters is 1. The number of nitrogens with one attached hydrogen (secondary N) is 1. The molecule has 0 aliphatic heterocycles. The van der Waals surface area contributed by atoms with Gasteiger partial charge in [0, 0.05) is 0 Å². The number of carbonyl (C=O) groups excluding carboxylic acids is 2. The van der Waals surface area contributed by atoms with E-state index in [1.54, 1.807) is 24.3 Å². The second-order valence-corrected chi connectivity index (χ2v) is 6.52. The molecule has 1 atom stereocenters. The third-order valence-corrected chi connectivity index (χ3v) is 4.45. The van der Waals surface area contributed by atoms with Crippen LogP contribution in [0.5, 0.6) is 0 Å². The Hall–Kier alpha value is -3.35. The molecule has 1 heterocycles. The fourth-order valence-electron chi connectivity index (χ4n) is 2.94. The van der Waals surface area contributed by atoms with Crippen LogP contribution < -0.4 is 11.1 Å². The number of fused-ring (bicyclic) bond motifs is 1. The van der Waals surface area contributed by atoms with Gasteiger partial charge in [-0.15, -0.1) is 0 Å². The molecule has 28 heavy (non-hydrogen) atoms. The van der Waals surface area contributed by atoms with Gasteiger partial charge in [-0.2, -0.15) is 0 Å². The maximum absolute atomic E-state index is 12.2. The van der Waals surface area contributed by atoms with Gasteiger partial charge in [0.25, 0.3) is 5.91 Å². The van der Waals surface area contributed by atoms with Crippen molar-refractivity contribution in [3.63, 3.8) is 0 Å². The molecule has 0 saturated heterocycles. The quantitative estimate of drug-likeness (QED) is 0.635. The van der Waals surface area contributed by atoms with E-state index in [4.69, 9.17) is 9.15 Å². The van der Waals surface area contributed by atoms with Crippen LogP contribution in [0.15, 0.2) is 57.7 Å². The van der Waals surface area contributed by atoms with Crippen molar-refractivity contribution in [2.45, 2.75) is 32.9 Å². The zero-order chi connectivity index (χ0) is 20.1. The van der Waals surface area contributed by atoms with Gasteiger partial charge < -0.3 is 14.5 Å². The molecule has 7 nitrogen and oxygen atoms in total. The van der Waals surface area contributed by atoms with Gasteiger partial charge in [-0.25, -0.2) is 4.79 Å². The van der Waals surface area contributed by atoms with E-state index < -0.39 is 24.2 Å². The monoisotopic (exact) mass is 382 g/mol. The van der Waals surface area contributed by atoms with Crippen molar-refractivity contribution in [1.29, 1.82) is 0 Å². The molecule has 1 amide bonds. The molecular formula is C21H22N2O5. The van der Waals surface area contributed by atoms with Gasteiger partial charge in [-0.05, 0) is 31.0 Å². The first-order chi connectivity index (χ1) is 13.5. The summed E-state index contributed by atoms with van der Waals surface area (Å²) in [5.41, 5.74) is 3.02. The largest absolute Gasteiger partial charge is 0.454 e. The molecule has 2 aromatic carbocycles. The summed E-state index contributed by atoms with van der Waals surface area (Å²) in [7, 11) is 0. The Morgan fingerprint density at radius 3 is 2.57 bits per heavy atom. The lowest BCUT2D eigenvalue weighted by Crippen LogP contribution is -2.33. The summed E-state index contributed by atoms with van der Waals surface area (Å²) in [5, 5.41) is 2.85. The molecule has 3 aromatic rings. The third-order valence-electron chi connectivity index (χ3n) is 4.45. The molecule has 1 aromatic heterocycles. The van der Waals surface area contributed by atoms with Crippen LogP contribution in [0.3, 0.4) is 0 Å². The molecule has 0 aliphatic rings. The number of ether oxygens (including phenoxy) is 1. The van der Waals surface area contributed by atoms with Crippen LogP contribution in [-0.4, -0.2) is 23.1 Å². The molecule has 0 saturated carbocycles. The average molecular weight is 382 g/mol. The fourth-order valence-corrected chi connectivity index (χ4v) is 2.94. The van der Waals surface area contributed by atoms with Gasteiger partial charge in [0.05, 0.1) is 11.6 Å². The second-order valence-electron chi connectivity index (χ2n) is 6.52. The summed E-state index contributed by atoms with van der Waals surface area (Å²) in [6.07, 6.45) is 0.707. The van der Waals surface area contributed by atoms with Crippen LogP contribution in [0, 0.1) is 6.92 Å². The zero-order valence-electron chi connectivity index (χ0n) is 15.8. The van der Waals surface area contributed by atoms with E-state index in [9.17, 15) is 14.4 Å². The van der Waals surface area contributed by atoms with Crippen LogP contribution >= 0.6 is 0 Å². The van der Waals surface area contributed by atoms with E-state index >= 15 is 0 Å². The van der Waals surface area contributed by atoms with Crippen molar-refractivity contribution in [2.75, 3.05) is 6.61 Å². The first-order valence-electron chi connectivity index (χ1n) is 9.08. The Kier molecular flexibility index (Phi) is 5.93. The summed E-state index contributed by atoms with van der Waals surface area (Å²) in [6.45, 7) is 3.23. The van der Waals surface area contributed by atoms with Gasteiger partial charge in [0.1, 0.15) is 6.54 Å². The van der Waals surface area contributed by atoms with Crippen molar-refractivity contribution < 1.29 is 18.7 Å². The van der Waals surface area contributed by atoms with E-state index in [2.05, 4.69) is 5.32 Å². The molecule has 0 aliphatic carbocycles. The van der Waals surface area contributed by atoms with E-state index in [0.717, 1.165) is 11.1 Å². The molecule has 0 spiro atoms. The van der Waals surface area contributed by atoms with Crippen molar-refractivity contribution in [1.82, 2.24) is 9.88 Å². The van der Waals surface area contributed by atoms with Gasteiger partial charge >= 0.3 is 11.7 Å². The lowest BCUT2D eigenvalue weighted by atomic mass is 10.0. The number of aryl methyl sites for hydroxylation is 1. The minimum absolute atomic E-state index is 0.160. The van der Waals surface area contributed by atoms with Crippen LogP contribution in [0.4, 0.5) is 0 Å². The van der Waals surface area contributed by atoms with Crippen molar-refractivity contribution in [3.05, 3.63) is 70.2 Å². The molecule has 0 radical (unpaired) electrons. The summed E-state index contributed by atoms with van der Waals surface area (Å²) in [4.78, 5) is 36.1. The Morgan fingerprint density at radius 1 is 1.14 bits per heavy atom. The Bertz CT molecular complexity index is 1030. The smallest absolute Gasteiger partial charge is 0.420 e. The first-order valence-corrected chi connectivity index (χ1v) is 9.08. The highest BCUT2D eigenvalue weighted by Gasteiger charge is 2.16. The van der Waals surface area contributed by atoms with Gasteiger partial charge in [0.15, 0.2) is 12.2 Å². The number of amides is 1. The highest BCUT2D eigenvalue weighted by Crippen LogP contribution is 2.17. The lowest BCUT2D eigenvalue weighted by Gasteiger charge is -2.17. The number of para-hydroxylation sites is 2. The number of nitrogens with zero attached hydrogens (tertiary/aromatic N) is 1. The average Bonchev–Trinajstić information content (AvgIpc) is 3.00. The Labute approximate surface area is 161 Å². The molecule has 7 heteroatoms. The van der Waals surface area contributed by atoms with E-state index in [-0.39, 0.29) is 12.6 Å². The summed E-state index contributed by atoms with van der Waals surface area (Å²) < 4.78 is 11.3. The summed E-state index contributed by atoms with van der Waals surface area (Å²) >= 11 is 0. The molecular weight excluding hydrogens is 360 g/mol. The second kappa shape index (κ2) is 8.56. The molecule has 3 rings (SSSR count). The predicted octanol–water partition coefficient (Wildman–Crippen LogP) is 2.71. The topological polar surface area (TPSA) is 90.5 Å². The molecule has 1 N–H and O–H groups in total. The maximum Gasteiger partial charge on any atom is 0.420 e. The Morgan fingerprint density at radius 2 is 1.86 bits per heavy atom. The summed E-state index contributed by atoms with van der Waals surface area (Å²) in [5.74, 6) is -1.73. The number of carbonyl (C=O) groups is 2. The van der Waals surface area contributed by atoms with E-state index in [1.165, 1.54) is 4.57 Å². The summed E-state index contributed by atoms with van der Waals surface area (Å²) in [6, 6.07) is 14.5. The van der Waals surface area contributed by atoms with E-state index in [0.29, 0.717) is 17.5 Å². The standard InChI is InChI=1S/C21H22N2O5/c1-3-16(15-10-8-14(2)9-11-15)22-19(24)13-27-20(25)12-23-17-6-4-5-7-18(17)28-21(23)26/h4-11,16H,3,12-13H2,1-2H3,(H,22,24)/t16-/m1/s1. The van der Waals surface area contributed by atoms with Gasteiger partial charge in [-0.1, -0.05) is 48.9 Å². The number of oxazole rings is 1. The van der Waals surface area contributed by atoms with Crippen LogP contribution in [0.1, 0.15) is 30.5 Å². The van der Waals surface area contributed by atoms with Crippen LogP contribution in [0.25, 0.3) is 11.1 Å². The van der Waals surface area contributed by atoms with Gasteiger partial charge in [0.2, 0.25) is 0 Å². The minimum atomic E-state index is -0.688. The van der Waals surface area contributed by atoms with Crippen LogP contribution in [0.2, 0.25) is 0 Å². The van der Waals surface area contributed by atoms with E-state index in [1.807, 2.05) is 38.1 Å². The SMILES string of the molecule is CC[C@@H](NC(=O)COC(=O)Cn1c(=O)oc2ccccc21)c1ccc(C)cc1. The van der Waals surface area contributed by atoms with Crippen molar-refractivity contribution in [2.24, 2.45) is 0 Å². The Balaban J connectivity index is 1.56. The predicted molar refractivity (Wildman–Crippen MR) is 104 cm³/mol. The van der Waals surface area contributed by atoms with Crippen molar-refractivity contribution >= 4 is 23.0 Å². The zero-order valence-corrected chi connectivity index (χ0v) is 15.8. The minimum Gasteiger partial charge on any atom is -0.454 e.